The van der Waals surface area contributed by atoms with E-state index in [1.165, 1.54) is 38.5 Å². The van der Waals surface area contributed by atoms with Crippen LogP contribution in [0.15, 0.2) is 30.0 Å². The first-order valence-corrected chi connectivity index (χ1v) is 15.6. The molecule has 0 amide bonds. The van der Waals surface area contributed by atoms with Gasteiger partial charge in [-0.25, -0.2) is 0 Å². The zero-order valence-corrected chi connectivity index (χ0v) is 27.5. The molecule has 0 saturated carbocycles. The second-order valence-corrected chi connectivity index (χ2v) is 11.9. The Labute approximate surface area is 293 Å². The maximum absolute atomic E-state index is 11.8. The number of carboxylic acids is 1. The average molecular weight is 744 g/mol. The minimum absolute atomic E-state index is 0.0479. The van der Waals surface area contributed by atoms with Crippen molar-refractivity contribution in [3.63, 3.8) is 0 Å². The molecular weight excluding hydrogens is 704 g/mol. The predicted octanol–water partition coefficient (Wildman–Crippen LogP) is -2.53. The predicted molar refractivity (Wildman–Crippen MR) is 167 cm³/mol. The fourth-order valence-electron chi connectivity index (χ4n) is 5.71. The van der Waals surface area contributed by atoms with E-state index in [0.29, 0.717) is 0 Å². The van der Waals surface area contributed by atoms with Gasteiger partial charge in [-0.1, -0.05) is 0 Å². The van der Waals surface area contributed by atoms with Crippen molar-refractivity contribution < 1.29 is 98.5 Å². The summed E-state index contributed by atoms with van der Waals surface area (Å²) in [7, 11) is 2.56. The van der Waals surface area contributed by atoms with Gasteiger partial charge in [-0.2, -0.15) is 0 Å². The Kier molecular flexibility index (Phi) is 11.8. The minimum atomic E-state index is -1.93. The Morgan fingerprint density at radius 2 is 1.35 bits per heavy atom. The number of esters is 1. The highest BCUT2D eigenvalue weighted by Gasteiger charge is 2.48. The highest BCUT2D eigenvalue weighted by Crippen LogP contribution is 2.48. The van der Waals surface area contributed by atoms with Gasteiger partial charge in [-0.3, -0.25) is 9.59 Å². The monoisotopic (exact) mass is 743 g/mol. The summed E-state index contributed by atoms with van der Waals surface area (Å²) in [5, 5.41) is 103. The van der Waals surface area contributed by atoms with Gasteiger partial charge in [-0.05, 0) is 12.1 Å². The van der Waals surface area contributed by atoms with E-state index >= 15 is 0 Å². The maximum Gasteiger partial charge on any atom is 0.317 e. The van der Waals surface area contributed by atoms with Gasteiger partial charge in [-0.15, -0.1) is 0 Å². The molecule has 0 aromatic heterocycles. The molecule has 3 aliphatic rings. The quantitative estimate of drug-likeness (QED) is 0.0609. The molecule has 2 fully saturated rings. The smallest absolute Gasteiger partial charge is 0.317 e. The molecule has 5 rings (SSSR count). The second kappa shape index (κ2) is 15.9. The molecule has 3 heterocycles. The first-order valence-electron chi connectivity index (χ1n) is 15.6. The molecule has 11 atom stereocenters. The molecule has 1 unspecified atom stereocenters. The number of carbonyl (C=O) groups is 2. The Morgan fingerprint density at radius 3 is 1.92 bits per heavy atom. The molecule has 20 heteroatoms. The highest BCUT2D eigenvalue weighted by atomic mass is 16.7. The van der Waals surface area contributed by atoms with Crippen LogP contribution in [0, 0.1) is 0 Å². The van der Waals surface area contributed by atoms with Crippen LogP contribution in [-0.4, -0.2) is 157 Å². The van der Waals surface area contributed by atoms with Crippen molar-refractivity contribution in [1.29, 1.82) is 0 Å². The third-order valence-corrected chi connectivity index (χ3v) is 8.46. The summed E-state index contributed by atoms with van der Waals surface area (Å²) in [6.07, 6.45) is -18.2. The molecule has 0 aliphatic carbocycles. The maximum atomic E-state index is 11.8. The van der Waals surface area contributed by atoms with Crippen LogP contribution in [0.5, 0.6) is 34.5 Å². The van der Waals surface area contributed by atoms with Crippen LogP contribution in [0.4, 0.5) is 0 Å². The van der Waals surface area contributed by atoms with Crippen LogP contribution >= 0.6 is 0 Å². The van der Waals surface area contributed by atoms with E-state index in [1.54, 1.807) is 0 Å². The molecule has 20 nitrogen and oxygen atoms in total. The van der Waals surface area contributed by atoms with Gasteiger partial charge < -0.3 is 89.0 Å². The Balaban J connectivity index is 1.54. The number of phenols is 2. The van der Waals surface area contributed by atoms with Gasteiger partial charge in [0.05, 0.1) is 32.5 Å². The standard InChI is InChI=1S/C32H38O20/c1-45-16-3-11(4-17(46-2)23(16)38)30-18(50-32-29(44)27(42)25(40)20(52-32)10-47-22(37)8-21(35)36)7-13-14(48-30)5-12(34)6-15(13)49-31-28(43)26(41)24(39)19(9-33)51-31/h3-7,19-20,24-34,38-44H,8-10H2,1-2H3,(H,35,36)/p+1/t19-,20-,24+,25+,26+,27-,28-,29-,30?,31-,32-/m1/s1. The number of phenolic OH excluding ortho intramolecular Hbond substituents is 2. The summed E-state index contributed by atoms with van der Waals surface area (Å²) in [6.45, 7) is -1.49. The molecule has 0 bridgehead atoms. The van der Waals surface area contributed by atoms with Crippen molar-refractivity contribution in [2.24, 2.45) is 0 Å². The molecule has 286 valence electrons. The largest absolute Gasteiger partial charge is 0.571 e. The molecule has 2 aromatic rings. The molecule has 0 spiro atoms. The average Bonchev–Trinajstić information content (AvgIpc) is 3.11. The molecule has 3 aliphatic heterocycles. The van der Waals surface area contributed by atoms with Gasteiger partial charge in [0.15, 0.2) is 17.3 Å². The van der Waals surface area contributed by atoms with Crippen molar-refractivity contribution in [3.05, 3.63) is 41.2 Å². The van der Waals surface area contributed by atoms with E-state index in [-0.39, 0.29) is 51.4 Å². The number of benzene rings is 2. The summed E-state index contributed by atoms with van der Waals surface area (Å²) in [5.41, 5.74) is 0.303. The molecular formula is C32H39O20+. The van der Waals surface area contributed by atoms with Gasteiger partial charge in [0, 0.05) is 12.1 Å². The van der Waals surface area contributed by atoms with Crippen molar-refractivity contribution in [1.82, 2.24) is 0 Å². The number of carbonyl (C=O) groups excluding carboxylic acids is 1. The molecule has 52 heavy (non-hydrogen) atoms. The summed E-state index contributed by atoms with van der Waals surface area (Å²) in [4.78, 5) is 22.7. The van der Waals surface area contributed by atoms with E-state index in [1.807, 2.05) is 0 Å². The lowest BCUT2D eigenvalue weighted by molar-refractivity contribution is -0.296. The minimum Gasteiger partial charge on any atom is -0.571 e. The lowest BCUT2D eigenvalue weighted by Crippen LogP contribution is -2.60. The van der Waals surface area contributed by atoms with E-state index in [9.17, 15) is 55.5 Å². The zero-order chi connectivity index (χ0) is 38.0. The van der Waals surface area contributed by atoms with Crippen LogP contribution in [0.3, 0.4) is 0 Å². The number of aliphatic carboxylic acids is 1. The summed E-state index contributed by atoms with van der Waals surface area (Å²) >= 11 is 0. The number of fused-ring (bicyclic) bond motifs is 1. The van der Waals surface area contributed by atoms with E-state index in [0.717, 1.165) is 6.07 Å². The Hall–Kier alpha value is -4.64. The van der Waals surface area contributed by atoms with Crippen LogP contribution in [-0.2, 0) is 28.5 Å². The molecule has 11 N–H and O–H groups in total. The van der Waals surface area contributed by atoms with E-state index in [4.69, 9.17) is 38.3 Å². The normalized spacial score (nSPS) is 31.3. The number of ether oxygens (including phenoxy) is 8. The summed E-state index contributed by atoms with van der Waals surface area (Å²) < 4.78 is 43.1. The third-order valence-electron chi connectivity index (χ3n) is 8.46. The number of methoxy groups -OCH3 is 2. The lowest BCUT2D eigenvalue weighted by Gasteiger charge is -2.41. The van der Waals surface area contributed by atoms with Crippen molar-refractivity contribution >= 4 is 18.0 Å². The fourth-order valence-corrected chi connectivity index (χ4v) is 5.71. The number of rotatable bonds is 12. The molecule has 0 radical (unpaired) electrons. The second-order valence-electron chi connectivity index (χ2n) is 11.9. The number of hydrogen-bond donors (Lipinski definition) is 10. The number of aliphatic hydroxyl groups is 8. The summed E-state index contributed by atoms with van der Waals surface area (Å²) in [6, 6.07) is 5.09. The number of aliphatic hydroxyl groups excluding tert-OH is 7. The Morgan fingerprint density at radius 1 is 0.769 bits per heavy atom. The van der Waals surface area contributed by atoms with E-state index < -0.39 is 99.1 Å². The van der Waals surface area contributed by atoms with Crippen LogP contribution in [0.1, 0.15) is 23.7 Å². The van der Waals surface area contributed by atoms with Gasteiger partial charge >= 0.3 is 11.9 Å². The first-order chi connectivity index (χ1) is 24.7. The number of carboxylic acid groups (broad SMARTS) is 1. The van der Waals surface area contributed by atoms with Gasteiger partial charge in [0.1, 0.15) is 78.9 Å². The topological polar surface area (TPSA) is 314 Å². The van der Waals surface area contributed by atoms with Crippen LogP contribution < -0.4 is 14.2 Å². The van der Waals surface area contributed by atoms with E-state index in [2.05, 4.69) is 4.74 Å². The first kappa shape index (κ1) is 38.6. The fraction of sp³-hybridized carbons (Fsp3) is 0.500. The van der Waals surface area contributed by atoms with Crippen LogP contribution in [0.2, 0.25) is 0 Å². The Bertz CT molecular complexity index is 1620. The highest BCUT2D eigenvalue weighted by molar-refractivity contribution is 5.90. The summed E-state index contributed by atoms with van der Waals surface area (Å²) in [5.74, 6) is -3.81. The third kappa shape index (κ3) is 7.89. The number of hydrogen-bond acceptors (Lipinski definition) is 18. The molecule has 2 aromatic carbocycles. The number of aromatic hydroxyl groups is 3. The van der Waals surface area contributed by atoms with Crippen molar-refractivity contribution in [3.8, 4) is 34.5 Å². The van der Waals surface area contributed by atoms with Gasteiger partial charge in [0.2, 0.25) is 18.3 Å². The van der Waals surface area contributed by atoms with Gasteiger partial charge in [0.25, 0.3) is 11.9 Å². The zero-order valence-electron chi connectivity index (χ0n) is 27.5. The molecule has 2 saturated heterocycles. The van der Waals surface area contributed by atoms with Crippen molar-refractivity contribution in [2.45, 2.75) is 73.9 Å². The van der Waals surface area contributed by atoms with Crippen molar-refractivity contribution in [2.75, 3.05) is 27.4 Å². The van der Waals surface area contributed by atoms with Crippen LogP contribution in [0.25, 0.3) is 6.08 Å². The SMILES string of the molecule is COc1cc(C2[OH+]c3cc(O)cc(O[C@@H]4O[C@H](CO)[C@H](O)[C@H](O)[C@H]4O)c3C=C2O[C@@H]2O[C@H](COC(=O)CC(=O)O)[C@H](O)[C@@H](O)[C@H]2O)cc(OC)c1O. The lowest BCUT2D eigenvalue weighted by atomic mass is 9.98.